The molecular formula is C22H20N2O5. The molecule has 7 nitrogen and oxygen atoms in total. The van der Waals surface area contributed by atoms with Crippen LogP contribution in [0, 0.1) is 0 Å². The lowest BCUT2D eigenvalue weighted by atomic mass is 10.0. The van der Waals surface area contributed by atoms with Crippen LogP contribution in [0.4, 0.5) is 11.5 Å². The Kier molecular flexibility index (Phi) is 6.21. The van der Waals surface area contributed by atoms with E-state index in [9.17, 15) is 19.8 Å². The molecule has 0 fully saturated rings. The smallest absolute Gasteiger partial charge is 0.341 e. The van der Waals surface area contributed by atoms with Crippen LogP contribution in [-0.2, 0) is 11.3 Å². The molecule has 0 aliphatic carbocycles. The van der Waals surface area contributed by atoms with Crippen molar-refractivity contribution in [2.45, 2.75) is 13.5 Å². The van der Waals surface area contributed by atoms with Gasteiger partial charge in [-0.1, -0.05) is 30.3 Å². The average molecular weight is 392 g/mol. The topological polar surface area (TPSA) is 109 Å². The molecule has 0 bridgehead atoms. The van der Waals surface area contributed by atoms with E-state index in [1.807, 2.05) is 0 Å². The summed E-state index contributed by atoms with van der Waals surface area (Å²) >= 11 is 0. The van der Waals surface area contributed by atoms with E-state index in [1.54, 1.807) is 43.3 Å². The summed E-state index contributed by atoms with van der Waals surface area (Å²) in [7, 11) is 0. The molecule has 148 valence electrons. The van der Waals surface area contributed by atoms with Crippen molar-refractivity contribution in [3.63, 3.8) is 0 Å². The van der Waals surface area contributed by atoms with Crippen molar-refractivity contribution >= 4 is 23.3 Å². The lowest BCUT2D eigenvalue weighted by Crippen LogP contribution is -2.12. The number of ketones is 1. The first kappa shape index (κ1) is 20.0. The Hall–Kier alpha value is -3.71. The summed E-state index contributed by atoms with van der Waals surface area (Å²) in [5.41, 5.74) is 1.51. The van der Waals surface area contributed by atoms with Crippen LogP contribution in [0.15, 0.2) is 60.8 Å². The number of nitrogens with one attached hydrogen (secondary N) is 1. The molecule has 0 saturated carbocycles. The second kappa shape index (κ2) is 8.99. The number of carbonyl (C=O) groups is 2. The number of para-hydroxylation sites is 2. The number of aromatic hydroxyl groups is 1. The Balaban J connectivity index is 2.02. The maximum atomic E-state index is 12.8. The first-order chi connectivity index (χ1) is 14.0. The summed E-state index contributed by atoms with van der Waals surface area (Å²) in [5, 5.41) is 22.5. The van der Waals surface area contributed by atoms with E-state index in [0.717, 1.165) is 0 Å². The van der Waals surface area contributed by atoms with Gasteiger partial charge in [-0.05, 0) is 31.2 Å². The Morgan fingerprint density at radius 1 is 1.07 bits per heavy atom. The summed E-state index contributed by atoms with van der Waals surface area (Å²) < 4.78 is 5.10. The van der Waals surface area contributed by atoms with E-state index in [-0.39, 0.29) is 41.5 Å². The zero-order chi connectivity index (χ0) is 20.8. The van der Waals surface area contributed by atoms with Crippen molar-refractivity contribution in [1.29, 1.82) is 0 Å². The number of phenols is 1. The molecule has 1 aromatic heterocycles. The van der Waals surface area contributed by atoms with E-state index < -0.39 is 11.8 Å². The summed E-state index contributed by atoms with van der Waals surface area (Å²) in [6.45, 7) is 1.64. The van der Waals surface area contributed by atoms with Crippen LogP contribution in [0.25, 0.3) is 0 Å². The summed E-state index contributed by atoms with van der Waals surface area (Å²) in [5.74, 6) is -1.08. The molecule has 3 aromatic rings. The van der Waals surface area contributed by atoms with Gasteiger partial charge in [0.2, 0.25) is 0 Å². The number of nitrogens with zero attached hydrogens (tertiary/aromatic N) is 1. The van der Waals surface area contributed by atoms with Crippen LogP contribution in [-0.4, -0.2) is 33.6 Å². The van der Waals surface area contributed by atoms with Crippen molar-refractivity contribution in [3.8, 4) is 5.75 Å². The summed E-state index contributed by atoms with van der Waals surface area (Å²) in [4.78, 5) is 29.5. The highest BCUT2D eigenvalue weighted by molar-refractivity contribution is 6.11. The number of carbonyl (C=O) groups excluding carboxylic acids is 2. The molecule has 0 atom stereocenters. The molecule has 3 rings (SSSR count). The molecule has 3 N–H and O–H groups in total. The van der Waals surface area contributed by atoms with Crippen molar-refractivity contribution in [3.05, 3.63) is 83.0 Å². The molecule has 0 aliphatic rings. The second-order valence-corrected chi connectivity index (χ2v) is 6.13. The van der Waals surface area contributed by atoms with Gasteiger partial charge in [0.05, 0.1) is 18.8 Å². The standard InChI is InChI=1S/C22H20N2O5/c1-2-29-22(28)17-11-15(20(27)16-8-4-6-10-19(16)26)12-23-21(17)24-18-9-5-3-7-14(18)13-25/h3-12,25-26H,2,13H2,1H3,(H,23,24). The quantitative estimate of drug-likeness (QED) is 0.417. The normalized spacial score (nSPS) is 10.4. The third-order valence-electron chi connectivity index (χ3n) is 4.23. The number of hydrogen-bond donors (Lipinski definition) is 3. The monoisotopic (exact) mass is 392 g/mol. The molecule has 0 amide bonds. The minimum atomic E-state index is -0.643. The lowest BCUT2D eigenvalue weighted by Gasteiger charge is -2.14. The van der Waals surface area contributed by atoms with Crippen LogP contribution in [0.5, 0.6) is 5.75 Å². The lowest BCUT2D eigenvalue weighted by molar-refractivity contribution is 0.0527. The van der Waals surface area contributed by atoms with Gasteiger partial charge in [0.1, 0.15) is 17.1 Å². The Morgan fingerprint density at radius 2 is 1.79 bits per heavy atom. The molecule has 0 saturated heterocycles. The number of benzene rings is 2. The number of pyridine rings is 1. The maximum Gasteiger partial charge on any atom is 0.341 e. The number of esters is 1. The Labute approximate surface area is 167 Å². The van der Waals surface area contributed by atoms with Crippen LogP contribution < -0.4 is 5.32 Å². The predicted octanol–water partition coefficient (Wildman–Crippen LogP) is 3.43. The predicted molar refractivity (Wildman–Crippen MR) is 107 cm³/mol. The van der Waals surface area contributed by atoms with E-state index in [2.05, 4.69) is 10.3 Å². The highest BCUT2D eigenvalue weighted by Crippen LogP contribution is 2.26. The van der Waals surface area contributed by atoms with Gasteiger partial charge in [0.25, 0.3) is 0 Å². The van der Waals surface area contributed by atoms with Gasteiger partial charge in [-0.2, -0.15) is 0 Å². The Bertz CT molecular complexity index is 1050. The first-order valence-electron chi connectivity index (χ1n) is 9.00. The Morgan fingerprint density at radius 3 is 2.52 bits per heavy atom. The molecule has 29 heavy (non-hydrogen) atoms. The number of hydrogen-bond acceptors (Lipinski definition) is 7. The second-order valence-electron chi connectivity index (χ2n) is 6.13. The number of rotatable bonds is 7. The van der Waals surface area contributed by atoms with Crippen LogP contribution in [0.1, 0.15) is 38.8 Å². The van der Waals surface area contributed by atoms with Crippen molar-refractivity contribution in [2.75, 3.05) is 11.9 Å². The maximum absolute atomic E-state index is 12.8. The molecule has 2 aromatic carbocycles. The SMILES string of the molecule is CCOC(=O)c1cc(C(=O)c2ccccc2O)cnc1Nc1ccccc1CO. The van der Waals surface area contributed by atoms with Gasteiger partial charge in [-0.25, -0.2) is 9.78 Å². The van der Waals surface area contributed by atoms with Gasteiger partial charge < -0.3 is 20.3 Å². The number of ether oxygens (including phenoxy) is 1. The molecule has 0 unspecified atom stereocenters. The highest BCUT2D eigenvalue weighted by Gasteiger charge is 2.20. The fourth-order valence-electron chi connectivity index (χ4n) is 2.78. The van der Waals surface area contributed by atoms with Crippen LogP contribution >= 0.6 is 0 Å². The highest BCUT2D eigenvalue weighted by atomic mass is 16.5. The number of phenolic OH excluding ortho intramolecular Hbond substituents is 1. The number of aliphatic hydroxyl groups excluding tert-OH is 1. The number of aliphatic hydroxyl groups is 1. The molecule has 0 spiro atoms. The molecule has 0 radical (unpaired) electrons. The zero-order valence-corrected chi connectivity index (χ0v) is 15.8. The van der Waals surface area contributed by atoms with E-state index in [4.69, 9.17) is 4.74 Å². The summed E-state index contributed by atoms with van der Waals surface area (Å²) in [6, 6.07) is 14.6. The first-order valence-corrected chi connectivity index (χ1v) is 9.00. The average Bonchev–Trinajstić information content (AvgIpc) is 2.74. The van der Waals surface area contributed by atoms with E-state index in [0.29, 0.717) is 11.3 Å². The van der Waals surface area contributed by atoms with E-state index in [1.165, 1.54) is 24.4 Å². The van der Waals surface area contributed by atoms with Crippen LogP contribution in [0.2, 0.25) is 0 Å². The fraction of sp³-hybridized carbons (Fsp3) is 0.136. The van der Waals surface area contributed by atoms with Gasteiger partial charge in [0.15, 0.2) is 5.78 Å². The number of anilines is 2. The van der Waals surface area contributed by atoms with E-state index >= 15 is 0 Å². The zero-order valence-electron chi connectivity index (χ0n) is 15.8. The van der Waals surface area contributed by atoms with Crippen molar-refractivity contribution in [1.82, 2.24) is 4.98 Å². The van der Waals surface area contributed by atoms with Gasteiger partial charge in [-0.15, -0.1) is 0 Å². The molecule has 0 aliphatic heterocycles. The van der Waals surface area contributed by atoms with Gasteiger partial charge in [-0.3, -0.25) is 4.79 Å². The minimum Gasteiger partial charge on any atom is -0.507 e. The number of aromatic nitrogens is 1. The minimum absolute atomic E-state index is 0.0702. The largest absolute Gasteiger partial charge is 0.507 e. The third kappa shape index (κ3) is 4.41. The van der Waals surface area contributed by atoms with Crippen LogP contribution in [0.3, 0.4) is 0 Å². The molecule has 1 heterocycles. The molecular weight excluding hydrogens is 372 g/mol. The van der Waals surface area contributed by atoms with Gasteiger partial charge in [0, 0.05) is 23.0 Å². The molecule has 7 heteroatoms. The van der Waals surface area contributed by atoms with Gasteiger partial charge >= 0.3 is 5.97 Å². The van der Waals surface area contributed by atoms with Crippen molar-refractivity contribution in [2.24, 2.45) is 0 Å². The summed E-state index contributed by atoms with van der Waals surface area (Å²) in [6.07, 6.45) is 1.32. The van der Waals surface area contributed by atoms with Crippen molar-refractivity contribution < 1.29 is 24.5 Å². The third-order valence-corrected chi connectivity index (χ3v) is 4.23. The fourth-order valence-corrected chi connectivity index (χ4v) is 2.78.